The van der Waals surface area contributed by atoms with E-state index in [1.165, 1.54) is 0 Å². The molecule has 1 aromatic heterocycles. The SMILES string of the molecule is CC.CC.Cc1onc(CO)c1C. The highest BCUT2D eigenvalue weighted by Gasteiger charge is 2.04. The number of aryl methyl sites for hydroxylation is 1. The minimum absolute atomic E-state index is 0.0385. The Balaban J connectivity index is 0. The maximum Gasteiger partial charge on any atom is 0.136 e. The van der Waals surface area contributed by atoms with Gasteiger partial charge in [0, 0.05) is 5.56 Å². The van der Waals surface area contributed by atoms with Gasteiger partial charge in [0.25, 0.3) is 0 Å². The Morgan fingerprint density at radius 3 is 1.77 bits per heavy atom. The molecular formula is C10H21NO2. The summed E-state index contributed by atoms with van der Waals surface area (Å²) in [6.45, 7) is 11.7. The lowest BCUT2D eigenvalue weighted by Gasteiger charge is -1.85. The van der Waals surface area contributed by atoms with Crippen molar-refractivity contribution in [1.82, 2.24) is 5.16 Å². The van der Waals surface area contributed by atoms with Gasteiger partial charge in [-0.1, -0.05) is 32.9 Å². The molecule has 0 fully saturated rings. The first-order valence-electron chi connectivity index (χ1n) is 4.78. The molecule has 1 rings (SSSR count). The molecule has 0 atom stereocenters. The molecule has 0 aliphatic rings. The highest BCUT2D eigenvalue weighted by Crippen LogP contribution is 2.09. The second kappa shape index (κ2) is 9.26. The lowest BCUT2D eigenvalue weighted by Crippen LogP contribution is -1.84. The van der Waals surface area contributed by atoms with Crippen LogP contribution >= 0.6 is 0 Å². The topological polar surface area (TPSA) is 46.3 Å². The molecule has 0 amide bonds. The van der Waals surface area contributed by atoms with Crippen molar-refractivity contribution in [3.05, 3.63) is 17.0 Å². The van der Waals surface area contributed by atoms with E-state index in [4.69, 9.17) is 9.63 Å². The minimum atomic E-state index is -0.0385. The Bertz CT molecular complexity index is 207. The molecule has 0 aliphatic carbocycles. The van der Waals surface area contributed by atoms with Gasteiger partial charge in [0.1, 0.15) is 11.5 Å². The molecule has 3 nitrogen and oxygen atoms in total. The predicted molar refractivity (Wildman–Crippen MR) is 54.6 cm³/mol. The molecule has 0 aromatic carbocycles. The standard InChI is InChI=1S/C6H9NO2.2C2H6/c1-4-5(2)9-7-6(4)3-8;2*1-2/h8H,3H2,1-2H3;2*1-2H3. The smallest absolute Gasteiger partial charge is 0.136 e. The molecule has 1 N–H and O–H groups in total. The third-order valence-corrected chi connectivity index (χ3v) is 1.40. The Labute approximate surface area is 80.8 Å². The van der Waals surface area contributed by atoms with Crippen LogP contribution in [0.4, 0.5) is 0 Å². The zero-order valence-corrected chi connectivity index (χ0v) is 9.51. The maximum atomic E-state index is 8.61. The molecule has 0 saturated carbocycles. The number of aliphatic hydroxyl groups excluding tert-OH is 1. The summed E-state index contributed by atoms with van der Waals surface area (Å²) in [5, 5.41) is 12.2. The van der Waals surface area contributed by atoms with Gasteiger partial charge in [0.05, 0.1) is 6.61 Å². The van der Waals surface area contributed by atoms with Crippen molar-refractivity contribution in [1.29, 1.82) is 0 Å². The van der Waals surface area contributed by atoms with Gasteiger partial charge in [0.2, 0.25) is 0 Å². The number of hydrogen-bond acceptors (Lipinski definition) is 3. The molecule has 78 valence electrons. The van der Waals surface area contributed by atoms with Crippen LogP contribution in [0.3, 0.4) is 0 Å². The first kappa shape index (κ1) is 14.7. The average Bonchev–Trinajstić information content (AvgIpc) is 2.54. The average molecular weight is 187 g/mol. The van der Waals surface area contributed by atoms with Crippen LogP contribution in [0.25, 0.3) is 0 Å². The lowest BCUT2D eigenvalue weighted by molar-refractivity contribution is 0.265. The van der Waals surface area contributed by atoms with Crippen molar-refractivity contribution in [3.8, 4) is 0 Å². The zero-order valence-electron chi connectivity index (χ0n) is 9.51. The Hall–Kier alpha value is -0.830. The summed E-state index contributed by atoms with van der Waals surface area (Å²) in [6.07, 6.45) is 0. The molecule has 0 saturated heterocycles. The van der Waals surface area contributed by atoms with Gasteiger partial charge in [-0.05, 0) is 13.8 Å². The first-order chi connectivity index (χ1) is 6.25. The summed E-state index contributed by atoms with van der Waals surface area (Å²) >= 11 is 0. The molecule has 0 radical (unpaired) electrons. The summed E-state index contributed by atoms with van der Waals surface area (Å²) in [6, 6.07) is 0. The predicted octanol–water partition coefficient (Wildman–Crippen LogP) is 2.84. The monoisotopic (exact) mass is 187 g/mol. The van der Waals surface area contributed by atoms with E-state index in [1.807, 2.05) is 41.5 Å². The van der Waals surface area contributed by atoms with E-state index in [1.54, 1.807) is 0 Å². The summed E-state index contributed by atoms with van der Waals surface area (Å²) in [5.41, 5.74) is 1.57. The number of hydrogen-bond donors (Lipinski definition) is 1. The van der Waals surface area contributed by atoms with Crippen LogP contribution in [0.5, 0.6) is 0 Å². The maximum absolute atomic E-state index is 8.61. The van der Waals surface area contributed by atoms with Crippen molar-refractivity contribution >= 4 is 0 Å². The van der Waals surface area contributed by atoms with Crippen molar-refractivity contribution in [2.75, 3.05) is 0 Å². The highest BCUT2D eigenvalue weighted by atomic mass is 16.5. The third-order valence-electron chi connectivity index (χ3n) is 1.40. The number of rotatable bonds is 1. The number of aliphatic hydroxyl groups is 1. The molecule has 0 bridgehead atoms. The van der Waals surface area contributed by atoms with Gasteiger partial charge in [0.15, 0.2) is 0 Å². The van der Waals surface area contributed by atoms with Crippen LogP contribution in [0.1, 0.15) is 44.7 Å². The van der Waals surface area contributed by atoms with E-state index in [0.717, 1.165) is 11.3 Å². The molecule has 1 heterocycles. The van der Waals surface area contributed by atoms with E-state index >= 15 is 0 Å². The van der Waals surface area contributed by atoms with Crippen molar-refractivity contribution < 1.29 is 9.63 Å². The van der Waals surface area contributed by atoms with Crippen LogP contribution in [0.15, 0.2) is 4.52 Å². The van der Waals surface area contributed by atoms with E-state index in [2.05, 4.69) is 5.16 Å². The largest absolute Gasteiger partial charge is 0.390 e. The van der Waals surface area contributed by atoms with E-state index in [0.29, 0.717) is 5.69 Å². The Kier molecular flexibility index (Phi) is 10.5. The number of aromatic nitrogens is 1. The molecule has 13 heavy (non-hydrogen) atoms. The van der Waals surface area contributed by atoms with Crippen LogP contribution in [0.2, 0.25) is 0 Å². The van der Waals surface area contributed by atoms with Crippen molar-refractivity contribution in [2.45, 2.75) is 48.1 Å². The zero-order chi connectivity index (χ0) is 10.9. The van der Waals surface area contributed by atoms with Gasteiger partial charge in [-0.25, -0.2) is 0 Å². The Morgan fingerprint density at radius 2 is 1.62 bits per heavy atom. The van der Waals surface area contributed by atoms with E-state index < -0.39 is 0 Å². The molecule has 1 aromatic rings. The molecule has 0 unspecified atom stereocenters. The fourth-order valence-corrected chi connectivity index (χ4v) is 0.611. The van der Waals surface area contributed by atoms with Crippen LogP contribution < -0.4 is 0 Å². The summed E-state index contributed by atoms with van der Waals surface area (Å²) in [4.78, 5) is 0. The summed E-state index contributed by atoms with van der Waals surface area (Å²) < 4.78 is 4.78. The van der Waals surface area contributed by atoms with Crippen LogP contribution in [-0.4, -0.2) is 10.3 Å². The summed E-state index contributed by atoms with van der Waals surface area (Å²) in [5.74, 6) is 0.777. The van der Waals surface area contributed by atoms with Crippen molar-refractivity contribution in [3.63, 3.8) is 0 Å². The summed E-state index contributed by atoms with van der Waals surface area (Å²) in [7, 11) is 0. The number of nitrogens with zero attached hydrogens (tertiary/aromatic N) is 1. The van der Waals surface area contributed by atoms with Gasteiger partial charge >= 0.3 is 0 Å². The van der Waals surface area contributed by atoms with Crippen molar-refractivity contribution in [2.24, 2.45) is 0 Å². The van der Waals surface area contributed by atoms with Gasteiger partial charge < -0.3 is 9.63 Å². The fraction of sp³-hybridized carbons (Fsp3) is 0.700. The normalized spacial score (nSPS) is 7.92. The highest BCUT2D eigenvalue weighted by molar-refractivity contribution is 5.18. The molecule has 0 spiro atoms. The second-order valence-corrected chi connectivity index (χ2v) is 1.97. The minimum Gasteiger partial charge on any atom is -0.390 e. The second-order valence-electron chi connectivity index (χ2n) is 1.97. The van der Waals surface area contributed by atoms with Gasteiger partial charge in [-0.15, -0.1) is 0 Å². The van der Waals surface area contributed by atoms with E-state index in [9.17, 15) is 0 Å². The molecule has 3 heteroatoms. The lowest BCUT2D eigenvalue weighted by atomic mass is 10.2. The Morgan fingerprint density at radius 1 is 1.15 bits per heavy atom. The van der Waals surface area contributed by atoms with E-state index in [-0.39, 0.29) is 6.61 Å². The fourth-order valence-electron chi connectivity index (χ4n) is 0.611. The quantitative estimate of drug-likeness (QED) is 0.735. The molecular weight excluding hydrogens is 166 g/mol. The van der Waals surface area contributed by atoms with Crippen LogP contribution in [0, 0.1) is 13.8 Å². The first-order valence-corrected chi connectivity index (χ1v) is 4.78. The van der Waals surface area contributed by atoms with Gasteiger partial charge in [-0.2, -0.15) is 0 Å². The third kappa shape index (κ3) is 4.68. The van der Waals surface area contributed by atoms with Crippen LogP contribution in [-0.2, 0) is 6.61 Å². The van der Waals surface area contributed by atoms with Gasteiger partial charge in [-0.3, -0.25) is 0 Å². The molecule has 0 aliphatic heterocycles.